The number of ether oxygens (including phenoxy) is 2. The van der Waals surface area contributed by atoms with Crippen molar-refractivity contribution in [1.29, 1.82) is 0 Å². The molecule has 0 atom stereocenters. The van der Waals surface area contributed by atoms with Crippen molar-refractivity contribution in [3.8, 4) is 11.5 Å². The summed E-state index contributed by atoms with van der Waals surface area (Å²) in [6, 6.07) is 8.94. The molecule has 0 bridgehead atoms. The van der Waals surface area contributed by atoms with Gasteiger partial charge >= 0.3 is 6.03 Å². The normalized spacial score (nSPS) is 10.0. The second kappa shape index (κ2) is 8.03. The zero-order valence-electron chi connectivity index (χ0n) is 13.6. The average Bonchev–Trinajstić information content (AvgIpc) is 2.60. The molecule has 0 aliphatic heterocycles. The van der Waals surface area contributed by atoms with E-state index in [4.69, 9.17) is 9.47 Å². The summed E-state index contributed by atoms with van der Waals surface area (Å²) in [6.07, 6.45) is 4.26. The SMILES string of the molecule is COc1ccc(OC)c(NC(=O)N(C)CCc2ccncc2)c1. The highest BCUT2D eigenvalue weighted by molar-refractivity contribution is 5.91. The molecule has 0 radical (unpaired) electrons. The fourth-order valence-electron chi connectivity index (χ4n) is 2.07. The molecular weight excluding hydrogens is 294 g/mol. The van der Waals surface area contributed by atoms with Crippen molar-refractivity contribution in [3.05, 3.63) is 48.3 Å². The van der Waals surface area contributed by atoms with Gasteiger partial charge in [0, 0.05) is 32.1 Å². The van der Waals surface area contributed by atoms with E-state index in [1.165, 1.54) is 0 Å². The number of rotatable bonds is 6. The smallest absolute Gasteiger partial charge is 0.321 e. The second-order valence-electron chi connectivity index (χ2n) is 5.02. The Morgan fingerprint density at radius 1 is 1.17 bits per heavy atom. The minimum atomic E-state index is -0.203. The lowest BCUT2D eigenvalue weighted by molar-refractivity contribution is 0.223. The number of benzene rings is 1. The van der Waals surface area contributed by atoms with Crippen LogP contribution in [0.5, 0.6) is 11.5 Å². The number of anilines is 1. The van der Waals surface area contributed by atoms with Crippen LogP contribution in [-0.2, 0) is 6.42 Å². The predicted octanol–water partition coefficient (Wildman–Crippen LogP) is 2.81. The number of carbonyl (C=O) groups excluding carboxylic acids is 1. The van der Waals surface area contributed by atoms with Crippen molar-refractivity contribution in [2.45, 2.75) is 6.42 Å². The lowest BCUT2D eigenvalue weighted by Crippen LogP contribution is -2.33. The van der Waals surface area contributed by atoms with E-state index in [0.29, 0.717) is 23.7 Å². The number of methoxy groups -OCH3 is 2. The van der Waals surface area contributed by atoms with E-state index in [2.05, 4.69) is 10.3 Å². The Morgan fingerprint density at radius 3 is 2.57 bits per heavy atom. The predicted molar refractivity (Wildman–Crippen MR) is 89.1 cm³/mol. The lowest BCUT2D eigenvalue weighted by atomic mass is 10.2. The number of nitrogens with one attached hydrogen (secondary N) is 1. The first-order valence-electron chi connectivity index (χ1n) is 7.27. The molecule has 6 heteroatoms. The van der Waals surface area contributed by atoms with Crippen LogP contribution in [0.3, 0.4) is 0 Å². The molecule has 0 unspecified atom stereocenters. The van der Waals surface area contributed by atoms with Gasteiger partial charge in [-0.1, -0.05) is 0 Å². The van der Waals surface area contributed by atoms with Gasteiger partial charge < -0.3 is 19.7 Å². The van der Waals surface area contributed by atoms with Gasteiger partial charge in [-0.3, -0.25) is 4.98 Å². The van der Waals surface area contributed by atoms with E-state index in [0.717, 1.165) is 12.0 Å². The number of carbonyl (C=O) groups is 1. The standard InChI is InChI=1S/C17H21N3O3/c1-20(11-8-13-6-9-18-10-7-13)17(21)19-15-12-14(22-2)4-5-16(15)23-3/h4-7,9-10,12H,8,11H2,1-3H3,(H,19,21). The summed E-state index contributed by atoms with van der Waals surface area (Å²) in [4.78, 5) is 17.9. The van der Waals surface area contributed by atoms with Crippen molar-refractivity contribution < 1.29 is 14.3 Å². The maximum atomic E-state index is 12.3. The summed E-state index contributed by atoms with van der Waals surface area (Å²) in [5.41, 5.74) is 1.71. The third-order valence-electron chi connectivity index (χ3n) is 3.48. The summed E-state index contributed by atoms with van der Waals surface area (Å²) < 4.78 is 10.4. The highest BCUT2D eigenvalue weighted by atomic mass is 16.5. The van der Waals surface area contributed by atoms with E-state index >= 15 is 0 Å². The van der Waals surface area contributed by atoms with Crippen LogP contribution >= 0.6 is 0 Å². The van der Waals surface area contributed by atoms with Gasteiger partial charge in [0.15, 0.2) is 0 Å². The number of aromatic nitrogens is 1. The van der Waals surface area contributed by atoms with Gasteiger partial charge in [-0.25, -0.2) is 4.79 Å². The molecule has 0 spiro atoms. The van der Waals surface area contributed by atoms with Gasteiger partial charge in [-0.2, -0.15) is 0 Å². The van der Waals surface area contributed by atoms with Crippen molar-refractivity contribution in [2.75, 3.05) is 33.1 Å². The van der Waals surface area contributed by atoms with Crippen LogP contribution in [0.15, 0.2) is 42.7 Å². The Kier molecular flexibility index (Phi) is 5.80. The van der Waals surface area contributed by atoms with Crippen LogP contribution in [0.1, 0.15) is 5.56 Å². The fraction of sp³-hybridized carbons (Fsp3) is 0.294. The molecule has 2 aromatic rings. The zero-order valence-corrected chi connectivity index (χ0v) is 13.6. The molecule has 23 heavy (non-hydrogen) atoms. The van der Waals surface area contributed by atoms with Gasteiger partial charge in [0.1, 0.15) is 11.5 Å². The number of hydrogen-bond acceptors (Lipinski definition) is 4. The van der Waals surface area contributed by atoms with E-state index in [9.17, 15) is 4.79 Å². The second-order valence-corrected chi connectivity index (χ2v) is 5.02. The number of nitrogens with zero attached hydrogens (tertiary/aromatic N) is 2. The molecule has 2 rings (SSSR count). The highest BCUT2D eigenvalue weighted by Gasteiger charge is 2.12. The highest BCUT2D eigenvalue weighted by Crippen LogP contribution is 2.29. The molecule has 1 aromatic heterocycles. The molecule has 1 aromatic carbocycles. The largest absolute Gasteiger partial charge is 0.497 e. The first-order valence-corrected chi connectivity index (χ1v) is 7.27. The number of hydrogen-bond donors (Lipinski definition) is 1. The van der Waals surface area contributed by atoms with E-state index < -0.39 is 0 Å². The fourth-order valence-corrected chi connectivity index (χ4v) is 2.07. The molecule has 0 fully saturated rings. The van der Waals surface area contributed by atoms with Crippen molar-refractivity contribution in [1.82, 2.24) is 9.88 Å². The quantitative estimate of drug-likeness (QED) is 0.890. The first-order chi connectivity index (χ1) is 11.1. The van der Waals surface area contributed by atoms with Crippen LogP contribution in [0.2, 0.25) is 0 Å². The Morgan fingerprint density at radius 2 is 1.91 bits per heavy atom. The number of urea groups is 1. The van der Waals surface area contributed by atoms with Crippen molar-refractivity contribution in [2.24, 2.45) is 0 Å². The molecule has 2 amide bonds. The molecule has 1 heterocycles. The molecule has 0 saturated carbocycles. The molecule has 0 aliphatic carbocycles. The molecule has 0 aliphatic rings. The van der Waals surface area contributed by atoms with Gasteiger partial charge in [-0.15, -0.1) is 0 Å². The van der Waals surface area contributed by atoms with Gasteiger partial charge in [-0.05, 0) is 36.2 Å². The van der Waals surface area contributed by atoms with Gasteiger partial charge in [0.05, 0.1) is 19.9 Å². The topological polar surface area (TPSA) is 63.7 Å². The van der Waals surface area contributed by atoms with E-state index in [1.807, 2.05) is 12.1 Å². The van der Waals surface area contributed by atoms with Gasteiger partial charge in [0.2, 0.25) is 0 Å². The maximum Gasteiger partial charge on any atom is 0.321 e. The third-order valence-corrected chi connectivity index (χ3v) is 3.48. The molecule has 0 saturated heterocycles. The Labute approximate surface area is 136 Å². The zero-order chi connectivity index (χ0) is 16.7. The lowest BCUT2D eigenvalue weighted by Gasteiger charge is -2.19. The minimum absolute atomic E-state index is 0.203. The Hall–Kier alpha value is -2.76. The van der Waals surface area contributed by atoms with Crippen LogP contribution in [0.4, 0.5) is 10.5 Å². The minimum Gasteiger partial charge on any atom is -0.497 e. The van der Waals surface area contributed by atoms with Crippen LogP contribution in [-0.4, -0.2) is 43.7 Å². The summed E-state index contributed by atoms with van der Waals surface area (Å²) in [6.45, 7) is 0.599. The number of pyridine rings is 1. The molecule has 122 valence electrons. The van der Waals surface area contributed by atoms with Crippen LogP contribution < -0.4 is 14.8 Å². The summed E-state index contributed by atoms with van der Waals surface area (Å²) in [5.74, 6) is 1.24. The summed E-state index contributed by atoms with van der Waals surface area (Å²) >= 11 is 0. The number of likely N-dealkylation sites (N-methyl/N-ethyl adjacent to an activating group) is 1. The maximum absolute atomic E-state index is 12.3. The van der Waals surface area contributed by atoms with Crippen molar-refractivity contribution in [3.63, 3.8) is 0 Å². The van der Waals surface area contributed by atoms with Crippen LogP contribution in [0, 0.1) is 0 Å². The van der Waals surface area contributed by atoms with Gasteiger partial charge in [0.25, 0.3) is 0 Å². The molecular formula is C17H21N3O3. The van der Waals surface area contributed by atoms with E-state index in [1.54, 1.807) is 56.8 Å². The monoisotopic (exact) mass is 315 g/mol. The number of amides is 2. The molecule has 6 nitrogen and oxygen atoms in total. The van der Waals surface area contributed by atoms with Crippen molar-refractivity contribution >= 4 is 11.7 Å². The summed E-state index contributed by atoms with van der Waals surface area (Å²) in [5, 5.41) is 2.84. The summed E-state index contributed by atoms with van der Waals surface area (Å²) in [7, 11) is 4.89. The molecule has 1 N–H and O–H groups in total. The Balaban J connectivity index is 1.98. The third kappa shape index (κ3) is 4.60. The van der Waals surface area contributed by atoms with E-state index in [-0.39, 0.29) is 6.03 Å². The Bertz CT molecular complexity index is 647. The first kappa shape index (κ1) is 16.6. The van der Waals surface area contributed by atoms with Crippen LogP contribution in [0.25, 0.3) is 0 Å². The average molecular weight is 315 g/mol.